The summed E-state index contributed by atoms with van der Waals surface area (Å²) in [5.41, 5.74) is -1.19. The molecular weight excluding hydrogens is 459 g/mol. The highest BCUT2D eigenvalue weighted by atomic mass is 35.5. The molecule has 0 saturated carbocycles. The van der Waals surface area contributed by atoms with E-state index < -0.39 is 46.5 Å². The van der Waals surface area contributed by atoms with Gasteiger partial charge in [-0.05, 0) is 20.5 Å². The summed E-state index contributed by atoms with van der Waals surface area (Å²) < 4.78 is 73.2. The lowest BCUT2D eigenvalue weighted by molar-refractivity contribution is -0.115. The van der Waals surface area contributed by atoms with Crippen LogP contribution in [0.1, 0.15) is 12.2 Å². The van der Waals surface area contributed by atoms with Gasteiger partial charge in [0.25, 0.3) is 0 Å². The molecule has 13 heteroatoms. The van der Waals surface area contributed by atoms with Gasteiger partial charge in [-0.3, -0.25) is 0 Å². The summed E-state index contributed by atoms with van der Waals surface area (Å²) in [6.07, 6.45) is -2.43. The molecule has 0 saturated heterocycles. The minimum absolute atomic E-state index is 0.0841. The Labute approximate surface area is 186 Å². The van der Waals surface area contributed by atoms with Gasteiger partial charge in [0.05, 0.1) is 24.3 Å². The van der Waals surface area contributed by atoms with Crippen LogP contribution in [0.15, 0.2) is 12.1 Å². The van der Waals surface area contributed by atoms with Crippen LogP contribution in [0.3, 0.4) is 0 Å². The summed E-state index contributed by atoms with van der Waals surface area (Å²) in [6, 6.07) is 1.81. The van der Waals surface area contributed by atoms with E-state index in [9.17, 15) is 22.0 Å². The zero-order valence-electron chi connectivity index (χ0n) is 17.2. The summed E-state index contributed by atoms with van der Waals surface area (Å²) in [5.74, 6) is -2.99. The van der Waals surface area contributed by atoms with Gasteiger partial charge in [0, 0.05) is 18.7 Å². The van der Waals surface area contributed by atoms with Gasteiger partial charge < -0.3 is 20.3 Å². The lowest BCUT2D eigenvalue weighted by Crippen LogP contribution is -2.23. The molecule has 0 aliphatic rings. The van der Waals surface area contributed by atoms with E-state index in [1.807, 2.05) is 24.3 Å². The molecule has 0 aliphatic heterocycles. The Morgan fingerprint density at radius 1 is 1.16 bits per heavy atom. The number of hydrogen-bond acceptors (Lipinski definition) is 7. The molecule has 2 aromatic rings. The van der Waals surface area contributed by atoms with Crippen LogP contribution in [0.2, 0.25) is 5.15 Å². The number of nitrogens with zero attached hydrogens (tertiary/aromatic N) is 4. The van der Waals surface area contributed by atoms with Crippen LogP contribution in [-0.4, -0.2) is 54.8 Å². The molecule has 2 rings (SSSR count). The van der Waals surface area contributed by atoms with Crippen molar-refractivity contribution in [3.8, 4) is 23.1 Å². The quantitative estimate of drug-likeness (QED) is 0.176. The van der Waals surface area contributed by atoms with Gasteiger partial charge in [-0.25, -0.2) is 18.7 Å². The standard InChI is InChI=1S/C19H20ClF5N6O/c1-31(2)4-3-5-32-11-6-12(21)15(13(22)7-11)16-17(20)29-14(8-27-10-26)30-18(16)28-9-19(23,24)25/h6-7,27H,3-5,8-9H2,1-2H3,(H,28,29,30). The van der Waals surface area contributed by atoms with Gasteiger partial charge in [-0.15, -0.1) is 0 Å². The van der Waals surface area contributed by atoms with E-state index in [0.29, 0.717) is 13.0 Å². The van der Waals surface area contributed by atoms with E-state index in [1.54, 1.807) is 6.19 Å². The molecule has 7 nitrogen and oxygen atoms in total. The monoisotopic (exact) mass is 478 g/mol. The molecule has 2 N–H and O–H groups in total. The molecule has 32 heavy (non-hydrogen) atoms. The maximum Gasteiger partial charge on any atom is 0.405 e. The predicted molar refractivity (Wildman–Crippen MR) is 108 cm³/mol. The zero-order chi connectivity index (χ0) is 23.9. The largest absolute Gasteiger partial charge is 0.493 e. The number of hydrogen-bond donors (Lipinski definition) is 2. The Morgan fingerprint density at radius 3 is 2.38 bits per heavy atom. The third kappa shape index (κ3) is 7.35. The number of rotatable bonds is 10. The molecule has 1 heterocycles. The molecule has 1 aromatic carbocycles. The first kappa shape index (κ1) is 25.4. The average molecular weight is 479 g/mol. The lowest BCUT2D eigenvalue weighted by atomic mass is 10.1. The van der Waals surface area contributed by atoms with Gasteiger partial charge in [0.1, 0.15) is 34.9 Å². The summed E-state index contributed by atoms with van der Waals surface area (Å²) in [7, 11) is 3.73. The minimum atomic E-state index is -4.64. The number of ether oxygens (including phenoxy) is 1. The SMILES string of the molecule is CN(C)CCCOc1cc(F)c(-c2c(Cl)nc(CNC#N)nc2NCC(F)(F)F)c(F)c1. The van der Waals surface area contributed by atoms with Crippen molar-refractivity contribution in [1.29, 1.82) is 5.26 Å². The topological polar surface area (TPSA) is 86.1 Å². The van der Waals surface area contributed by atoms with E-state index in [2.05, 4.69) is 15.3 Å². The van der Waals surface area contributed by atoms with Crippen molar-refractivity contribution < 1.29 is 26.7 Å². The maximum atomic E-state index is 14.8. The molecule has 0 amide bonds. The Balaban J connectivity index is 2.42. The fourth-order valence-corrected chi connectivity index (χ4v) is 2.93. The van der Waals surface area contributed by atoms with Crippen molar-refractivity contribution in [1.82, 2.24) is 20.2 Å². The Hall–Kier alpha value is -2.91. The summed E-state index contributed by atoms with van der Waals surface area (Å²) in [5, 5.41) is 12.3. The van der Waals surface area contributed by atoms with Crippen molar-refractivity contribution in [2.75, 3.05) is 39.1 Å². The lowest BCUT2D eigenvalue weighted by Gasteiger charge is -2.17. The highest BCUT2D eigenvalue weighted by molar-refractivity contribution is 6.32. The smallest absolute Gasteiger partial charge is 0.405 e. The molecular formula is C19H20ClF5N6O. The molecule has 0 spiro atoms. The second-order valence-corrected chi connectivity index (χ2v) is 7.21. The first-order chi connectivity index (χ1) is 15.0. The third-order valence-corrected chi connectivity index (χ3v) is 4.25. The average Bonchev–Trinajstić information content (AvgIpc) is 2.68. The summed E-state index contributed by atoms with van der Waals surface area (Å²) in [6.45, 7) is -0.868. The molecule has 0 bridgehead atoms. The van der Waals surface area contributed by atoms with E-state index in [4.69, 9.17) is 21.6 Å². The van der Waals surface area contributed by atoms with E-state index in [1.165, 1.54) is 0 Å². The molecule has 0 radical (unpaired) electrons. The fourth-order valence-electron chi connectivity index (χ4n) is 2.65. The van der Waals surface area contributed by atoms with Gasteiger partial charge >= 0.3 is 6.18 Å². The highest BCUT2D eigenvalue weighted by Gasteiger charge is 2.29. The van der Waals surface area contributed by atoms with Gasteiger partial charge in [0.2, 0.25) is 0 Å². The van der Waals surface area contributed by atoms with Crippen molar-refractivity contribution >= 4 is 17.4 Å². The summed E-state index contributed by atoms with van der Waals surface area (Å²) in [4.78, 5) is 9.58. The third-order valence-electron chi connectivity index (χ3n) is 3.98. The Kier molecular flexibility index (Phi) is 8.80. The fraction of sp³-hybridized carbons (Fsp3) is 0.421. The minimum Gasteiger partial charge on any atom is -0.493 e. The van der Waals surface area contributed by atoms with E-state index >= 15 is 0 Å². The molecule has 0 atom stereocenters. The number of nitrogens with one attached hydrogen (secondary N) is 2. The van der Waals surface area contributed by atoms with E-state index in [0.717, 1.165) is 12.1 Å². The second kappa shape index (κ2) is 11.1. The van der Waals surface area contributed by atoms with Crippen LogP contribution < -0.4 is 15.4 Å². The maximum absolute atomic E-state index is 14.8. The number of benzene rings is 1. The van der Waals surface area contributed by atoms with Crippen molar-refractivity contribution in [3.05, 3.63) is 34.7 Å². The van der Waals surface area contributed by atoms with Crippen LogP contribution in [0, 0.1) is 23.1 Å². The highest BCUT2D eigenvalue weighted by Crippen LogP contribution is 2.38. The van der Waals surface area contributed by atoms with Crippen molar-refractivity contribution in [2.24, 2.45) is 0 Å². The van der Waals surface area contributed by atoms with Gasteiger partial charge in [-0.2, -0.15) is 18.4 Å². The van der Waals surface area contributed by atoms with Crippen LogP contribution in [0.5, 0.6) is 5.75 Å². The number of anilines is 1. The normalized spacial score (nSPS) is 11.4. The predicted octanol–water partition coefficient (Wildman–Crippen LogP) is 3.95. The Morgan fingerprint density at radius 2 is 1.81 bits per heavy atom. The van der Waals surface area contributed by atoms with Gasteiger partial charge in [0.15, 0.2) is 12.0 Å². The van der Waals surface area contributed by atoms with Crippen molar-refractivity contribution in [2.45, 2.75) is 19.1 Å². The van der Waals surface area contributed by atoms with Crippen molar-refractivity contribution in [3.63, 3.8) is 0 Å². The Bertz CT molecular complexity index is 957. The zero-order valence-corrected chi connectivity index (χ0v) is 17.9. The summed E-state index contributed by atoms with van der Waals surface area (Å²) >= 11 is 6.06. The molecule has 0 unspecified atom stereocenters. The number of nitriles is 1. The van der Waals surface area contributed by atoms with Crippen LogP contribution in [0.4, 0.5) is 27.8 Å². The number of aromatic nitrogens is 2. The van der Waals surface area contributed by atoms with Crippen LogP contribution in [-0.2, 0) is 6.54 Å². The first-order valence-corrected chi connectivity index (χ1v) is 9.65. The number of halogens is 6. The molecule has 1 aromatic heterocycles. The molecule has 0 fully saturated rings. The van der Waals surface area contributed by atoms with Crippen LogP contribution in [0.25, 0.3) is 11.1 Å². The van der Waals surface area contributed by atoms with Crippen LogP contribution >= 0.6 is 11.6 Å². The number of alkyl halides is 3. The molecule has 0 aliphatic carbocycles. The first-order valence-electron chi connectivity index (χ1n) is 9.27. The second-order valence-electron chi connectivity index (χ2n) is 6.86. The molecule has 174 valence electrons. The van der Waals surface area contributed by atoms with Gasteiger partial charge in [-0.1, -0.05) is 11.6 Å². The van der Waals surface area contributed by atoms with E-state index in [-0.39, 0.29) is 24.7 Å².